The lowest BCUT2D eigenvalue weighted by Crippen LogP contribution is -2.30. The van der Waals surface area contributed by atoms with Gasteiger partial charge in [0.25, 0.3) is 0 Å². The van der Waals surface area contributed by atoms with E-state index in [1.54, 1.807) is 23.0 Å². The van der Waals surface area contributed by atoms with Crippen LogP contribution in [0.15, 0.2) is 53.7 Å². The predicted molar refractivity (Wildman–Crippen MR) is 60.7 cm³/mol. The Labute approximate surface area is 99.9 Å². The van der Waals surface area contributed by atoms with Crippen LogP contribution in [0, 0.1) is 6.92 Å². The summed E-state index contributed by atoms with van der Waals surface area (Å²) in [6, 6.07) is 9.86. The highest BCUT2D eigenvalue weighted by Gasteiger charge is 2.12. The SMILES string of the molecule is Cc1ccc(S(=O)(=O)[O-])cc1-[n+]1ccccc1. The molecule has 2 aromatic rings. The molecular formula is C12H11NO3S. The van der Waals surface area contributed by atoms with Crippen molar-refractivity contribution in [2.45, 2.75) is 11.8 Å². The highest BCUT2D eigenvalue weighted by molar-refractivity contribution is 7.85. The van der Waals surface area contributed by atoms with Crippen LogP contribution in [0.3, 0.4) is 0 Å². The highest BCUT2D eigenvalue weighted by Crippen LogP contribution is 2.14. The molecule has 2 rings (SSSR count). The van der Waals surface area contributed by atoms with Gasteiger partial charge in [0.2, 0.25) is 5.69 Å². The monoisotopic (exact) mass is 249 g/mol. The fraction of sp³-hybridized carbons (Fsp3) is 0.0833. The molecule has 0 saturated heterocycles. The van der Waals surface area contributed by atoms with Crippen molar-refractivity contribution in [3.8, 4) is 5.69 Å². The maximum absolute atomic E-state index is 11.0. The highest BCUT2D eigenvalue weighted by atomic mass is 32.2. The Morgan fingerprint density at radius 1 is 1.12 bits per heavy atom. The number of hydrogen-bond acceptors (Lipinski definition) is 3. The first kappa shape index (κ1) is 11.8. The van der Waals surface area contributed by atoms with E-state index in [9.17, 15) is 13.0 Å². The van der Waals surface area contributed by atoms with Gasteiger partial charge in [-0.2, -0.15) is 4.57 Å². The third-order valence-electron chi connectivity index (χ3n) is 2.46. The van der Waals surface area contributed by atoms with Gasteiger partial charge in [0.05, 0.1) is 4.90 Å². The molecule has 1 heterocycles. The molecule has 1 aromatic heterocycles. The number of hydrogen-bond donors (Lipinski definition) is 0. The van der Waals surface area contributed by atoms with Crippen molar-refractivity contribution in [1.29, 1.82) is 0 Å². The molecule has 0 radical (unpaired) electrons. The van der Waals surface area contributed by atoms with E-state index in [1.165, 1.54) is 12.1 Å². The summed E-state index contributed by atoms with van der Waals surface area (Å²) in [6.07, 6.45) is 3.59. The van der Waals surface area contributed by atoms with Crippen LogP contribution in [0.5, 0.6) is 0 Å². The van der Waals surface area contributed by atoms with Gasteiger partial charge in [-0.05, 0) is 13.0 Å². The molecule has 0 aliphatic rings. The summed E-state index contributed by atoms with van der Waals surface area (Å²) < 4.78 is 34.7. The Bertz CT molecular complexity index is 636. The third-order valence-corrected chi connectivity index (χ3v) is 3.29. The lowest BCUT2D eigenvalue weighted by Gasteiger charge is -2.08. The zero-order chi connectivity index (χ0) is 12.5. The number of benzene rings is 1. The first-order valence-corrected chi connectivity index (χ1v) is 6.42. The summed E-state index contributed by atoms with van der Waals surface area (Å²) >= 11 is 0. The van der Waals surface area contributed by atoms with E-state index in [-0.39, 0.29) is 4.90 Å². The van der Waals surface area contributed by atoms with E-state index < -0.39 is 10.1 Å². The quantitative estimate of drug-likeness (QED) is 0.593. The molecule has 0 N–H and O–H groups in total. The van der Waals surface area contributed by atoms with Crippen molar-refractivity contribution in [3.63, 3.8) is 0 Å². The number of nitrogens with zero attached hydrogens (tertiary/aromatic N) is 1. The molecule has 0 amide bonds. The smallest absolute Gasteiger partial charge is 0.214 e. The molecule has 0 fully saturated rings. The second kappa shape index (κ2) is 4.27. The largest absolute Gasteiger partial charge is 0.744 e. The normalized spacial score (nSPS) is 11.4. The minimum Gasteiger partial charge on any atom is -0.744 e. The maximum atomic E-state index is 11.0. The molecule has 0 unspecified atom stereocenters. The molecule has 0 spiro atoms. The van der Waals surface area contributed by atoms with Gasteiger partial charge in [-0.3, -0.25) is 0 Å². The van der Waals surface area contributed by atoms with Crippen LogP contribution in [0.25, 0.3) is 5.69 Å². The van der Waals surface area contributed by atoms with Crippen molar-refractivity contribution in [1.82, 2.24) is 0 Å². The molecule has 0 aliphatic carbocycles. The minimum atomic E-state index is -4.41. The number of pyridine rings is 1. The van der Waals surface area contributed by atoms with Crippen molar-refractivity contribution in [3.05, 3.63) is 54.4 Å². The average Bonchev–Trinajstić information content (AvgIpc) is 2.29. The first-order chi connectivity index (χ1) is 7.98. The Morgan fingerprint density at radius 3 is 2.35 bits per heavy atom. The molecule has 0 bridgehead atoms. The van der Waals surface area contributed by atoms with E-state index >= 15 is 0 Å². The zero-order valence-electron chi connectivity index (χ0n) is 9.20. The van der Waals surface area contributed by atoms with Crippen molar-refractivity contribution >= 4 is 10.1 Å². The number of aromatic nitrogens is 1. The van der Waals surface area contributed by atoms with Crippen LogP contribution < -0.4 is 4.57 Å². The lowest BCUT2D eigenvalue weighted by molar-refractivity contribution is -0.596. The summed E-state index contributed by atoms with van der Waals surface area (Å²) in [5.74, 6) is 0. The maximum Gasteiger partial charge on any atom is 0.214 e. The predicted octanol–water partition coefficient (Wildman–Crippen LogP) is 1.18. The summed E-state index contributed by atoms with van der Waals surface area (Å²) in [7, 11) is -4.41. The van der Waals surface area contributed by atoms with Gasteiger partial charge >= 0.3 is 0 Å². The Kier molecular flexibility index (Phi) is 2.95. The fourth-order valence-electron chi connectivity index (χ4n) is 1.58. The second-order valence-electron chi connectivity index (χ2n) is 3.69. The van der Waals surface area contributed by atoms with Gasteiger partial charge in [0, 0.05) is 23.8 Å². The summed E-state index contributed by atoms with van der Waals surface area (Å²) in [5.41, 5.74) is 1.58. The molecule has 4 nitrogen and oxygen atoms in total. The van der Waals surface area contributed by atoms with Crippen molar-refractivity contribution in [2.75, 3.05) is 0 Å². The first-order valence-electron chi connectivity index (χ1n) is 5.02. The van der Waals surface area contributed by atoms with Gasteiger partial charge in [-0.25, -0.2) is 8.42 Å². The van der Waals surface area contributed by atoms with Crippen LogP contribution in [0.2, 0.25) is 0 Å². The minimum absolute atomic E-state index is 0.213. The standard InChI is InChI=1S/C12H11NO3S/c1-10-5-6-11(17(14,15)16)9-12(10)13-7-3-2-4-8-13/h2-9H,1H3. The Hall–Kier alpha value is -1.72. The zero-order valence-corrected chi connectivity index (χ0v) is 10.0. The molecular weight excluding hydrogens is 238 g/mol. The van der Waals surface area contributed by atoms with Crippen LogP contribution in [-0.4, -0.2) is 13.0 Å². The van der Waals surface area contributed by atoms with Gasteiger partial charge in [0.15, 0.2) is 12.4 Å². The molecule has 88 valence electrons. The van der Waals surface area contributed by atoms with E-state index in [4.69, 9.17) is 0 Å². The van der Waals surface area contributed by atoms with Gasteiger partial charge in [-0.15, -0.1) is 0 Å². The van der Waals surface area contributed by atoms with E-state index in [0.29, 0.717) is 5.69 Å². The van der Waals surface area contributed by atoms with Crippen LogP contribution in [0.1, 0.15) is 5.56 Å². The molecule has 0 atom stereocenters. The van der Waals surface area contributed by atoms with Crippen LogP contribution >= 0.6 is 0 Å². The van der Waals surface area contributed by atoms with Crippen LogP contribution in [0.4, 0.5) is 0 Å². The van der Waals surface area contributed by atoms with Gasteiger partial charge < -0.3 is 4.55 Å². The number of rotatable bonds is 2. The summed E-state index contributed by atoms with van der Waals surface area (Å²) in [5, 5.41) is 0. The number of aryl methyl sites for hydroxylation is 1. The second-order valence-corrected chi connectivity index (χ2v) is 5.06. The lowest BCUT2D eigenvalue weighted by atomic mass is 10.2. The van der Waals surface area contributed by atoms with Crippen molar-refractivity contribution in [2.24, 2.45) is 0 Å². The topological polar surface area (TPSA) is 61.1 Å². The van der Waals surface area contributed by atoms with E-state index in [1.807, 2.05) is 25.1 Å². The molecule has 1 aromatic carbocycles. The summed E-state index contributed by atoms with van der Waals surface area (Å²) in [4.78, 5) is -0.213. The fourth-order valence-corrected chi connectivity index (χ4v) is 2.07. The van der Waals surface area contributed by atoms with E-state index in [2.05, 4.69) is 0 Å². The van der Waals surface area contributed by atoms with Crippen LogP contribution in [-0.2, 0) is 10.1 Å². The molecule has 0 aliphatic heterocycles. The van der Waals surface area contributed by atoms with Crippen molar-refractivity contribution < 1.29 is 17.5 Å². The third kappa shape index (κ3) is 2.51. The Morgan fingerprint density at radius 2 is 1.76 bits per heavy atom. The molecule has 5 heteroatoms. The van der Waals surface area contributed by atoms with E-state index in [0.717, 1.165) is 5.56 Å². The van der Waals surface area contributed by atoms with Gasteiger partial charge in [0.1, 0.15) is 10.1 Å². The average molecular weight is 249 g/mol. The Balaban J connectivity index is 2.63. The molecule has 0 saturated carbocycles. The summed E-state index contributed by atoms with van der Waals surface area (Å²) in [6.45, 7) is 1.86. The van der Waals surface area contributed by atoms with Gasteiger partial charge in [-0.1, -0.05) is 12.1 Å². The molecule has 17 heavy (non-hydrogen) atoms.